The van der Waals surface area contributed by atoms with Crippen molar-refractivity contribution >= 4 is 5.97 Å². The van der Waals surface area contributed by atoms with Crippen LogP contribution in [0.15, 0.2) is 0 Å². The van der Waals surface area contributed by atoms with E-state index in [0.717, 1.165) is 38.9 Å². The van der Waals surface area contributed by atoms with Gasteiger partial charge in [0.1, 0.15) is 6.04 Å². The van der Waals surface area contributed by atoms with Gasteiger partial charge in [0.15, 0.2) is 0 Å². The van der Waals surface area contributed by atoms with E-state index < -0.39 is 5.97 Å². The van der Waals surface area contributed by atoms with Crippen molar-refractivity contribution in [1.82, 2.24) is 9.80 Å². The quantitative estimate of drug-likeness (QED) is 0.655. The highest BCUT2D eigenvalue weighted by molar-refractivity contribution is 5.73. The lowest BCUT2D eigenvalue weighted by Crippen LogP contribution is -2.41. The van der Waals surface area contributed by atoms with Crippen molar-refractivity contribution in [2.24, 2.45) is 0 Å². The summed E-state index contributed by atoms with van der Waals surface area (Å²) in [5.74, 6) is -0.642. The van der Waals surface area contributed by atoms with E-state index in [1.165, 1.54) is 0 Å². The van der Waals surface area contributed by atoms with Crippen LogP contribution in [0.2, 0.25) is 0 Å². The number of nitrogens with zero attached hydrogens (tertiary/aromatic N) is 2. The number of fused-ring (bicyclic) bond motifs is 1. The maximum atomic E-state index is 11.0. The molecule has 2 fully saturated rings. The van der Waals surface area contributed by atoms with Gasteiger partial charge in [-0.05, 0) is 32.9 Å². The van der Waals surface area contributed by atoms with Gasteiger partial charge < -0.3 is 10.0 Å². The fourth-order valence-electron chi connectivity index (χ4n) is 2.62. The largest absolute Gasteiger partial charge is 0.480 e. The summed E-state index contributed by atoms with van der Waals surface area (Å²) in [5.41, 5.74) is 0. The smallest absolute Gasteiger partial charge is 0.320 e. The first-order valence-corrected chi connectivity index (χ1v) is 5.35. The average Bonchev–Trinajstić information content (AvgIpc) is 2.46. The van der Waals surface area contributed by atoms with Crippen molar-refractivity contribution in [2.45, 2.75) is 31.3 Å². The molecule has 0 saturated carbocycles. The van der Waals surface area contributed by atoms with E-state index >= 15 is 0 Å². The van der Waals surface area contributed by atoms with E-state index in [1.807, 2.05) is 0 Å². The molecule has 0 aromatic carbocycles. The molecule has 0 spiro atoms. The second-order valence-electron chi connectivity index (χ2n) is 4.41. The molecule has 0 aromatic heterocycles. The second-order valence-corrected chi connectivity index (χ2v) is 4.41. The number of carboxylic acid groups (broad SMARTS) is 1. The molecule has 4 heteroatoms. The Labute approximate surface area is 84.5 Å². The predicted octanol–water partition coefficient (Wildman–Crippen LogP) is 0.240. The van der Waals surface area contributed by atoms with Crippen LogP contribution in [0.25, 0.3) is 0 Å². The summed E-state index contributed by atoms with van der Waals surface area (Å²) < 4.78 is 0. The second kappa shape index (κ2) is 3.87. The monoisotopic (exact) mass is 198 g/mol. The molecule has 2 aliphatic heterocycles. The molecule has 0 aromatic rings. The molecule has 0 aliphatic carbocycles. The van der Waals surface area contributed by atoms with Crippen molar-refractivity contribution in [2.75, 3.05) is 26.7 Å². The Kier molecular flexibility index (Phi) is 2.74. The predicted molar refractivity (Wildman–Crippen MR) is 53.3 cm³/mol. The molecule has 4 nitrogen and oxygen atoms in total. The lowest BCUT2D eigenvalue weighted by atomic mass is 10.1. The van der Waals surface area contributed by atoms with Crippen LogP contribution >= 0.6 is 0 Å². The number of rotatable bonds is 1. The number of hydrogen-bond acceptors (Lipinski definition) is 3. The maximum Gasteiger partial charge on any atom is 0.320 e. The molecule has 14 heavy (non-hydrogen) atoms. The molecule has 2 rings (SSSR count). The Hall–Kier alpha value is -0.610. The Morgan fingerprint density at radius 3 is 2.71 bits per heavy atom. The van der Waals surface area contributed by atoms with Gasteiger partial charge in [0.05, 0.1) is 0 Å². The molecule has 0 amide bonds. The fourth-order valence-corrected chi connectivity index (χ4v) is 2.62. The molecule has 0 bridgehead atoms. The van der Waals surface area contributed by atoms with Crippen LogP contribution in [-0.2, 0) is 4.79 Å². The zero-order valence-electron chi connectivity index (χ0n) is 8.65. The van der Waals surface area contributed by atoms with E-state index in [2.05, 4.69) is 16.8 Å². The molecule has 2 unspecified atom stereocenters. The van der Waals surface area contributed by atoms with Crippen molar-refractivity contribution in [3.63, 3.8) is 0 Å². The third-order valence-corrected chi connectivity index (χ3v) is 3.51. The van der Waals surface area contributed by atoms with E-state index in [1.54, 1.807) is 0 Å². The number of carboxylic acids is 1. The number of aliphatic carboxylic acids is 1. The van der Waals surface area contributed by atoms with Gasteiger partial charge >= 0.3 is 5.97 Å². The third kappa shape index (κ3) is 1.77. The molecule has 1 N–H and O–H groups in total. The summed E-state index contributed by atoms with van der Waals surface area (Å²) in [4.78, 5) is 15.5. The van der Waals surface area contributed by atoms with Crippen LogP contribution < -0.4 is 0 Å². The Balaban J connectivity index is 2.05. The first kappa shape index (κ1) is 9.93. The van der Waals surface area contributed by atoms with Gasteiger partial charge in [0.2, 0.25) is 0 Å². The molecule has 80 valence electrons. The molecule has 2 atom stereocenters. The minimum absolute atomic E-state index is 0.216. The van der Waals surface area contributed by atoms with Crippen LogP contribution in [0, 0.1) is 0 Å². The van der Waals surface area contributed by atoms with Crippen LogP contribution in [0.4, 0.5) is 0 Å². The van der Waals surface area contributed by atoms with Gasteiger partial charge in [-0.2, -0.15) is 0 Å². The summed E-state index contributed by atoms with van der Waals surface area (Å²) in [7, 11) is 2.11. The van der Waals surface area contributed by atoms with Crippen LogP contribution in [0.5, 0.6) is 0 Å². The van der Waals surface area contributed by atoms with E-state index in [-0.39, 0.29) is 6.04 Å². The molecule has 0 radical (unpaired) electrons. The van der Waals surface area contributed by atoms with Gasteiger partial charge in [-0.3, -0.25) is 9.69 Å². The van der Waals surface area contributed by atoms with Gasteiger partial charge in [-0.15, -0.1) is 0 Å². The fraction of sp³-hybridized carbons (Fsp3) is 0.900. The van der Waals surface area contributed by atoms with Crippen molar-refractivity contribution in [3.8, 4) is 0 Å². The minimum atomic E-state index is -0.642. The normalized spacial score (nSPS) is 35.2. The van der Waals surface area contributed by atoms with Gasteiger partial charge in [0.25, 0.3) is 0 Å². The lowest BCUT2D eigenvalue weighted by molar-refractivity contribution is -0.142. The summed E-state index contributed by atoms with van der Waals surface area (Å²) in [6.07, 6.45) is 3.02. The van der Waals surface area contributed by atoms with E-state index in [0.29, 0.717) is 6.04 Å². The van der Waals surface area contributed by atoms with Crippen LogP contribution in [-0.4, -0.2) is 59.6 Å². The van der Waals surface area contributed by atoms with Crippen molar-refractivity contribution in [1.29, 1.82) is 0 Å². The zero-order valence-corrected chi connectivity index (χ0v) is 8.65. The molecular weight excluding hydrogens is 180 g/mol. The Bertz CT molecular complexity index is 232. The SMILES string of the molecule is CN1CCC2CCC(C(=O)O)N2CC1. The topological polar surface area (TPSA) is 43.8 Å². The van der Waals surface area contributed by atoms with Crippen molar-refractivity contribution < 1.29 is 9.90 Å². The Morgan fingerprint density at radius 2 is 2.00 bits per heavy atom. The summed E-state index contributed by atoms with van der Waals surface area (Å²) in [6, 6.07) is 0.299. The number of hydrogen-bond donors (Lipinski definition) is 1. The van der Waals surface area contributed by atoms with Gasteiger partial charge in [0, 0.05) is 19.1 Å². The maximum absolute atomic E-state index is 11.0. The van der Waals surface area contributed by atoms with E-state index in [4.69, 9.17) is 5.11 Å². The average molecular weight is 198 g/mol. The van der Waals surface area contributed by atoms with Crippen LogP contribution in [0.3, 0.4) is 0 Å². The zero-order chi connectivity index (χ0) is 10.1. The highest BCUT2D eigenvalue weighted by Crippen LogP contribution is 2.27. The highest BCUT2D eigenvalue weighted by atomic mass is 16.4. The summed E-state index contributed by atoms with van der Waals surface area (Å²) in [6.45, 7) is 3.02. The minimum Gasteiger partial charge on any atom is -0.480 e. The lowest BCUT2D eigenvalue weighted by Gasteiger charge is -2.25. The number of likely N-dealkylation sites (N-methyl/N-ethyl adjacent to an activating group) is 1. The summed E-state index contributed by atoms with van der Waals surface area (Å²) in [5, 5.41) is 9.05. The standard InChI is InChI=1S/C10H18N2O2/c1-11-5-4-8-2-3-9(10(13)14)12(8)7-6-11/h8-9H,2-7H2,1H3,(H,13,14). The molecular formula is C10H18N2O2. The number of carbonyl (C=O) groups is 1. The van der Waals surface area contributed by atoms with Gasteiger partial charge in [-0.25, -0.2) is 0 Å². The van der Waals surface area contributed by atoms with Gasteiger partial charge in [-0.1, -0.05) is 0 Å². The first-order valence-electron chi connectivity index (χ1n) is 5.35. The van der Waals surface area contributed by atoms with Crippen molar-refractivity contribution in [3.05, 3.63) is 0 Å². The summed E-state index contributed by atoms with van der Waals surface area (Å²) >= 11 is 0. The Morgan fingerprint density at radius 1 is 1.21 bits per heavy atom. The third-order valence-electron chi connectivity index (χ3n) is 3.51. The highest BCUT2D eigenvalue weighted by Gasteiger charge is 2.38. The molecule has 2 heterocycles. The van der Waals surface area contributed by atoms with E-state index in [9.17, 15) is 4.79 Å². The molecule has 2 saturated heterocycles. The van der Waals surface area contributed by atoms with Crippen LogP contribution in [0.1, 0.15) is 19.3 Å². The molecule has 2 aliphatic rings. The first-order chi connectivity index (χ1) is 6.68.